The topological polar surface area (TPSA) is 20.2 Å². The van der Waals surface area contributed by atoms with Crippen LogP contribution in [0, 0.1) is 5.82 Å². The molecule has 2 aromatic rings. The molecule has 1 aliphatic rings. The maximum Gasteiger partial charge on any atom is 0.124 e. The quantitative estimate of drug-likeness (QED) is 0.838. The first kappa shape index (κ1) is 14.2. The molecular weight excluding hydrogens is 339 g/mol. The van der Waals surface area contributed by atoms with Crippen molar-refractivity contribution in [2.75, 3.05) is 0 Å². The van der Waals surface area contributed by atoms with E-state index in [1.807, 2.05) is 0 Å². The average Bonchev–Trinajstić information content (AvgIpc) is 2.86. The Balaban J connectivity index is 1.78. The minimum Gasteiger partial charge on any atom is -0.387 e. The second kappa shape index (κ2) is 5.96. The Labute approximate surface area is 130 Å². The Hall–Kier alpha value is -0.710. The van der Waals surface area contributed by atoms with Gasteiger partial charge in [0.25, 0.3) is 0 Å². The summed E-state index contributed by atoms with van der Waals surface area (Å²) in [6, 6.07) is 6.77. The van der Waals surface area contributed by atoms with Gasteiger partial charge in [-0.2, -0.15) is 0 Å². The van der Waals surface area contributed by atoms with Crippen molar-refractivity contribution in [1.29, 1.82) is 0 Å². The van der Waals surface area contributed by atoms with Crippen LogP contribution in [-0.4, -0.2) is 5.11 Å². The Morgan fingerprint density at radius 3 is 2.80 bits per heavy atom. The first-order chi connectivity index (χ1) is 9.63. The van der Waals surface area contributed by atoms with Gasteiger partial charge in [-0.1, -0.05) is 22.0 Å². The van der Waals surface area contributed by atoms with Crippen LogP contribution in [0.1, 0.15) is 39.8 Å². The first-order valence-electron chi connectivity index (χ1n) is 6.87. The van der Waals surface area contributed by atoms with E-state index in [4.69, 9.17) is 0 Å². The van der Waals surface area contributed by atoms with Crippen molar-refractivity contribution >= 4 is 27.3 Å². The molecule has 3 rings (SSSR count). The first-order valence-corrected chi connectivity index (χ1v) is 8.48. The van der Waals surface area contributed by atoms with Crippen LogP contribution in [0.3, 0.4) is 0 Å². The average molecular weight is 355 g/mol. The number of halogens is 2. The van der Waals surface area contributed by atoms with E-state index < -0.39 is 6.10 Å². The fourth-order valence-electron chi connectivity index (χ4n) is 2.67. The molecule has 1 N–H and O–H groups in total. The van der Waals surface area contributed by atoms with Crippen LogP contribution < -0.4 is 0 Å². The highest BCUT2D eigenvalue weighted by Gasteiger charge is 2.18. The molecule has 20 heavy (non-hydrogen) atoms. The van der Waals surface area contributed by atoms with E-state index >= 15 is 0 Å². The fourth-order valence-corrected chi connectivity index (χ4v) is 4.43. The second-order valence-electron chi connectivity index (χ2n) is 5.26. The summed E-state index contributed by atoms with van der Waals surface area (Å²) >= 11 is 5.09. The molecule has 1 nitrogen and oxygen atoms in total. The van der Waals surface area contributed by atoms with Gasteiger partial charge in [-0.15, -0.1) is 11.3 Å². The van der Waals surface area contributed by atoms with Gasteiger partial charge in [0.1, 0.15) is 5.82 Å². The lowest BCUT2D eigenvalue weighted by atomic mass is 9.98. The molecule has 106 valence electrons. The lowest BCUT2D eigenvalue weighted by molar-refractivity contribution is 0.182. The molecule has 0 aliphatic heterocycles. The Kier molecular flexibility index (Phi) is 4.24. The van der Waals surface area contributed by atoms with Crippen LogP contribution in [0.5, 0.6) is 0 Å². The third kappa shape index (κ3) is 2.97. The van der Waals surface area contributed by atoms with Crippen molar-refractivity contribution in [3.63, 3.8) is 0 Å². The number of aliphatic hydroxyl groups is 1. The summed E-state index contributed by atoms with van der Waals surface area (Å²) < 4.78 is 13.8. The minimum atomic E-state index is -0.507. The Bertz CT molecular complexity index is 599. The molecule has 1 aromatic heterocycles. The summed E-state index contributed by atoms with van der Waals surface area (Å²) in [5.74, 6) is -0.262. The summed E-state index contributed by atoms with van der Waals surface area (Å²) in [7, 11) is 0. The number of benzene rings is 1. The van der Waals surface area contributed by atoms with Crippen LogP contribution >= 0.6 is 27.3 Å². The zero-order chi connectivity index (χ0) is 14.1. The zero-order valence-corrected chi connectivity index (χ0v) is 13.4. The van der Waals surface area contributed by atoms with Crippen LogP contribution in [-0.2, 0) is 19.3 Å². The van der Waals surface area contributed by atoms with Crippen molar-refractivity contribution < 1.29 is 9.50 Å². The zero-order valence-electron chi connectivity index (χ0n) is 11.0. The molecule has 1 atom stereocenters. The van der Waals surface area contributed by atoms with Crippen molar-refractivity contribution in [3.05, 3.63) is 55.4 Å². The fraction of sp³-hybridized carbons (Fsp3) is 0.375. The summed E-state index contributed by atoms with van der Waals surface area (Å²) in [5.41, 5.74) is 2.35. The molecule has 1 unspecified atom stereocenters. The molecule has 0 amide bonds. The molecule has 0 saturated heterocycles. The molecule has 0 bridgehead atoms. The third-order valence-electron chi connectivity index (χ3n) is 3.77. The van der Waals surface area contributed by atoms with Crippen LogP contribution in [0.15, 0.2) is 28.7 Å². The van der Waals surface area contributed by atoms with Gasteiger partial charge in [0.15, 0.2) is 0 Å². The molecule has 1 aromatic carbocycles. The summed E-state index contributed by atoms with van der Waals surface area (Å²) in [5, 5.41) is 10.4. The summed E-state index contributed by atoms with van der Waals surface area (Å²) in [4.78, 5) is 2.47. The Morgan fingerprint density at radius 2 is 2.05 bits per heavy atom. The van der Waals surface area contributed by atoms with E-state index in [-0.39, 0.29) is 5.82 Å². The monoisotopic (exact) mass is 354 g/mol. The minimum absolute atomic E-state index is 0.262. The van der Waals surface area contributed by atoms with Gasteiger partial charge < -0.3 is 5.11 Å². The van der Waals surface area contributed by atoms with E-state index in [2.05, 4.69) is 22.0 Å². The number of thiophene rings is 1. The van der Waals surface area contributed by atoms with Gasteiger partial charge in [-0.3, -0.25) is 0 Å². The van der Waals surface area contributed by atoms with Crippen molar-refractivity contribution in [3.8, 4) is 0 Å². The highest BCUT2D eigenvalue weighted by Crippen LogP contribution is 2.34. The van der Waals surface area contributed by atoms with Gasteiger partial charge in [0.2, 0.25) is 0 Å². The smallest absolute Gasteiger partial charge is 0.124 e. The molecule has 0 saturated carbocycles. The number of hydrogen-bond acceptors (Lipinski definition) is 2. The van der Waals surface area contributed by atoms with E-state index in [1.165, 1.54) is 35.4 Å². The number of aliphatic hydroxyl groups excluding tert-OH is 1. The predicted molar refractivity (Wildman–Crippen MR) is 83.7 cm³/mol. The largest absolute Gasteiger partial charge is 0.387 e. The highest BCUT2D eigenvalue weighted by atomic mass is 79.9. The summed E-state index contributed by atoms with van der Waals surface area (Å²) in [6.45, 7) is 0. The van der Waals surface area contributed by atoms with Crippen molar-refractivity contribution in [2.24, 2.45) is 0 Å². The van der Waals surface area contributed by atoms with Crippen LogP contribution in [0.25, 0.3) is 0 Å². The lowest BCUT2D eigenvalue weighted by Gasteiger charge is -2.10. The molecule has 1 aliphatic carbocycles. The van der Waals surface area contributed by atoms with Crippen molar-refractivity contribution in [1.82, 2.24) is 0 Å². The maximum absolute atomic E-state index is 13.1. The number of fused-ring (bicyclic) bond motifs is 1. The second-order valence-corrected chi connectivity index (χ2v) is 7.28. The molecular formula is C16H16BrFOS. The van der Waals surface area contributed by atoms with Gasteiger partial charge in [0.05, 0.1) is 6.10 Å². The highest BCUT2D eigenvalue weighted by molar-refractivity contribution is 9.10. The van der Waals surface area contributed by atoms with Crippen LogP contribution in [0.2, 0.25) is 0 Å². The number of hydrogen-bond donors (Lipinski definition) is 1. The van der Waals surface area contributed by atoms with E-state index in [0.29, 0.717) is 6.42 Å². The maximum atomic E-state index is 13.1. The molecule has 0 radical (unpaired) electrons. The predicted octanol–water partition coefficient (Wildman–Crippen LogP) is 4.80. The van der Waals surface area contributed by atoms with E-state index in [1.54, 1.807) is 17.4 Å². The normalized spacial score (nSPS) is 15.9. The molecule has 4 heteroatoms. The number of rotatable bonds is 3. The van der Waals surface area contributed by atoms with Gasteiger partial charge >= 0.3 is 0 Å². The third-order valence-corrected chi connectivity index (χ3v) is 5.85. The van der Waals surface area contributed by atoms with Gasteiger partial charge in [0, 0.05) is 20.6 Å². The van der Waals surface area contributed by atoms with Crippen molar-refractivity contribution in [2.45, 2.75) is 38.2 Å². The number of aryl methyl sites for hydroxylation is 2. The molecule has 1 heterocycles. The van der Waals surface area contributed by atoms with E-state index in [9.17, 15) is 9.50 Å². The van der Waals surface area contributed by atoms with Crippen LogP contribution in [0.4, 0.5) is 4.39 Å². The van der Waals surface area contributed by atoms with Gasteiger partial charge in [-0.25, -0.2) is 4.39 Å². The summed E-state index contributed by atoms with van der Waals surface area (Å²) in [6.07, 6.45) is 4.80. The molecule has 0 fully saturated rings. The molecule has 0 spiro atoms. The van der Waals surface area contributed by atoms with Gasteiger partial charge in [-0.05, 0) is 55.0 Å². The lowest BCUT2D eigenvalue weighted by Crippen LogP contribution is -2.00. The standard InChI is InChI=1S/C16H16BrFOS/c17-13-9-12(18)6-5-10(13)7-14(19)16-8-11-3-1-2-4-15(11)20-16/h5-6,8-9,14,19H,1-4,7H2. The Morgan fingerprint density at radius 1 is 1.25 bits per heavy atom. The van der Waals surface area contributed by atoms with E-state index in [0.717, 1.165) is 27.8 Å². The SMILES string of the molecule is OC(Cc1ccc(F)cc1Br)c1cc2c(s1)CCCC2.